The van der Waals surface area contributed by atoms with Gasteiger partial charge in [-0.2, -0.15) is 5.10 Å². The second kappa shape index (κ2) is 7.01. The zero-order valence-corrected chi connectivity index (χ0v) is 10.6. The molecule has 1 N–H and O–H groups in total. The smallest absolute Gasteiger partial charge is 0.151 e. The van der Waals surface area contributed by atoms with Gasteiger partial charge in [-0.05, 0) is 31.6 Å². The van der Waals surface area contributed by atoms with E-state index in [4.69, 9.17) is 11.6 Å². The molecule has 90 valence electrons. The van der Waals surface area contributed by atoms with Crippen LogP contribution in [0.5, 0.6) is 0 Å². The lowest BCUT2D eigenvalue weighted by molar-refractivity contribution is 0.280. The van der Waals surface area contributed by atoms with Gasteiger partial charge in [-0.1, -0.05) is 11.6 Å². The van der Waals surface area contributed by atoms with Crippen molar-refractivity contribution in [1.82, 2.24) is 20.4 Å². The molecule has 4 nitrogen and oxygen atoms in total. The Morgan fingerprint density at radius 3 is 2.88 bits per heavy atom. The highest BCUT2D eigenvalue weighted by Crippen LogP contribution is 2.06. The van der Waals surface area contributed by atoms with Crippen molar-refractivity contribution in [2.24, 2.45) is 0 Å². The highest BCUT2D eigenvalue weighted by atomic mass is 35.5. The van der Waals surface area contributed by atoms with Crippen molar-refractivity contribution in [2.75, 3.05) is 26.2 Å². The molecule has 0 saturated carbocycles. The van der Waals surface area contributed by atoms with Gasteiger partial charge in [-0.15, -0.1) is 17.5 Å². The lowest BCUT2D eigenvalue weighted by atomic mass is 10.3. The maximum absolute atomic E-state index is 5.68. The monoisotopic (exact) mass is 262 g/mol. The standard InChI is InChI=1S/C10H15ClN4.ClH/c11-10-3-2-9(13-14-10)8-15-6-1-4-12-5-7-15;/h2-3,12H,1,4-8H2;1H. The lowest BCUT2D eigenvalue weighted by Crippen LogP contribution is -2.28. The largest absolute Gasteiger partial charge is 0.315 e. The Hall–Kier alpha value is -0.420. The highest BCUT2D eigenvalue weighted by Gasteiger charge is 2.09. The molecule has 1 aromatic heterocycles. The van der Waals surface area contributed by atoms with Crippen LogP contribution in [-0.2, 0) is 6.54 Å². The first-order valence-electron chi connectivity index (χ1n) is 5.26. The molecule has 2 rings (SSSR count). The van der Waals surface area contributed by atoms with Crippen LogP contribution in [0.15, 0.2) is 12.1 Å². The molecule has 0 unspecified atom stereocenters. The number of hydrogen-bond acceptors (Lipinski definition) is 4. The van der Waals surface area contributed by atoms with Gasteiger partial charge in [0.25, 0.3) is 0 Å². The molecule has 16 heavy (non-hydrogen) atoms. The van der Waals surface area contributed by atoms with E-state index in [9.17, 15) is 0 Å². The third-order valence-electron chi connectivity index (χ3n) is 2.51. The molecular formula is C10H16Cl2N4. The van der Waals surface area contributed by atoms with Crippen LogP contribution < -0.4 is 5.32 Å². The van der Waals surface area contributed by atoms with Gasteiger partial charge in [-0.3, -0.25) is 4.90 Å². The lowest BCUT2D eigenvalue weighted by Gasteiger charge is -2.18. The fourth-order valence-electron chi connectivity index (χ4n) is 1.72. The maximum Gasteiger partial charge on any atom is 0.151 e. The van der Waals surface area contributed by atoms with Crippen molar-refractivity contribution in [3.63, 3.8) is 0 Å². The van der Waals surface area contributed by atoms with E-state index in [0.717, 1.165) is 38.4 Å². The molecule has 0 spiro atoms. The fourth-order valence-corrected chi connectivity index (χ4v) is 1.82. The first-order valence-corrected chi connectivity index (χ1v) is 5.63. The summed E-state index contributed by atoms with van der Waals surface area (Å²) in [4.78, 5) is 2.39. The fraction of sp³-hybridized carbons (Fsp3) is 0.600. The molecule has 0 atom stereocenters. The predicted octanol–water partition coefficient (Wildman–Crippen LogP) is 1.35. The van der Waals surface area contributed by atoms with E-state index in [1.54, 1.807) is 6.07 Å². The molecular weight excluding hydrogens is 247 g/mol. The molecule has 6 heteroatoms. The highest BCUT2D eigenvalue weighted by molar-refractivity contribution is 6.29. The Balaban J connectivity index is 0.00000128. The normalized spacial score (nSPS) is 17.6. The average molecular weight is 263 g/mol. The molecule has 0 aliphatic carbocycles. The SMILES string of the molecule is Cl.Clc1ccc(CN2CCCNCC2)nn1. The van der Waals surface area contributed by atoms with Gasteiger partial charge in [0.05, 0.1) is 5.69 Å². The summed E-state index contributed by atoms with van der Waals surface area (Å²) in [6.07, 6.45) is 1.20. The summed E-state index contributed by atoms with van der Waals surface area (Å²) in [6, 6.07) is 3.73. The van der Waals surface area contributed by atoms with Crippen LogP contribution in [0.1, 0.15) is 12.1 Å². The topological polar surface area (TPSA) is 41.0 Å². The summed E-state index contributed by atoms with van der Waals surface area (Å²) in [5.41, 5.74) is 0.987. The van der Waals surface area contributed by atoms with E-state index in [2.05, 4.69) is 20.4 Å². The minimum atomic E-state index is 0. The summed E-state index contributed by atoms with van der Waals surface area (Å²) >= 11 is 5.68. The first-order chi connectivity index (χ1) is 7.34. The number of hydrogen-bond donors (Lipinski definition) is 1. The minimum absolute atomic E-state index is 0. The van der Waals surface area contributed by atoms with Gasteiger partial charge in [-0.25, -0.2) is 0 Å². The average Bonchev–Trinajstić information content (AvgIpc) is 2.50. The van der Waals surface area contributed by atoms with E-state index in [-0.39, 0.29) is 12.4 Å². The van der Waals surface area contributed by atoms with E-state index in [1.165, 1.54) is 6.42 Å². The van der Waals surface area contributed by atoms with Crippen LogP contribution >= 0.6 is 24.0 Å². The molecule has 0 bridgehead atoms. The predicted molar refractivity (Wildman–Crippen MR) is 67.1 cm³/mol. The van der Waals surface area contributed by atoms with Gasteiger partial charge >= 0.3 is 0 Å². The summed E-state index contributed by atoms with van der Waals surface area (Å²) in [7, 11) is 0. The van der Waals surface area contributed by atoms with E-state index < -0.39 is 0 Å². The molecule has 0 aromatic carbocycles. The Morgan fingerprint density at radius 1 is 1.25 bits per heavy atom. The molecule has 1 aliphatic heterocycles. The van der Waals surface area contributed by atoms with Crippen molar-refractivity contribution < 1.29 is 0 Å². The molecule has 0 radical (unpaired) electrons. The number of rotatable bonds is 2. The van der Waals surface area contributed by atoms with E-state index in [1.807, 2.05) is 6.07 Å². The zero-order valence-electron chi connectivity index (χ0n) is 9.03. The van der Waals surface area contributed by atoms with E-state index >= 15 is 0 Å². The van der Waals surface area contributed by atoms with Gasteiger partial charge in [0.2, 0.25) is 0 Å². The molecule has 1 fully saturated rings. The minimum Gasteiger partial charge on any atom is -0.315 e. The van der Waals surface area contributed by atoms with Crippen molar-refractivity contribution in [2.45, 2.75) is 13.0 Å². The Bertz CT molecular complexity index is 296. The van der Waals surface area contributed by atoms with Crippen LogP contribution in [-0.4, -0.2) is 41.3 Å². The summed E-state index contributed by atoms with van der Waals surface area (Å²) in [5, 5.41) is 11.7. The number of halogens is 2. The van der Waals surface area contributed by atoms with Gasteiger partial charge in [0, 0.05) is 19.6 Å². The van der Waals surface area contributed by atoms with Crippen LogP contribution in [0.2, 0.25) is 5.15 Å². The quantitative estimate of drug-likeness (QED) is 0.874. The Morgan fingerprint density at radius 2 is 2.12 bits per heavy atom. The van der Waals surface area contributed by atoms with Crippen molar-refractivity contribution >= 4 is 24.0 Å². The molecule has 0 amide bonds. The van der Waals surface area contributed by atoms with E-state index in [0.29, 0.717) is 5.15 Å². The van der Waals surface area contributed by atoms with Crippen LogP contribution in [0.4, 0.5) is 0 Å². The first kappa shape index (κ1) is 13.6. The summed E-state index contributed by atoms with van der Waals surface area (Å²) in [6.45, 7) is 5.23. The Kier molecular flexibility index (Phi) is 5.98. The number of nitrogens with one attached hydrogen (secondary N) is 1. The molecule has 2 heterocycles. The van der Waals surface area contributed by atoms with Crippen molar-refractivity contribution in [1.29, 1.82) is 0 Å². The summed E-state index contributed by atoms with van der Waals surface area (Å²) < 4.78 is 0. The van der Waals surface area contributed by atoms with Crippen LogP contribution in [0.3, 0.4) is 0 Å². The third kappa shape index (κ3) is 4.22. The second-order valence-electron chi connectivity index (χ2n) is 3.73. The van der Waals surface area contributed by atoms with Gasteiger partial charge < -0.3 is 5.32 Å². The van der Waals surface area contributed by atoms with Gasteiger partial charge in [0.15, 0.2) is 5.15 Å². The number of aromatic nitrogens is 2. The summed E-state index contributed by atoms with van der Waals surface area (Å²) in [5.74, 6) is 0. The molecule has 1 saturated heterocycles. The number of nitrogens with zero attached hydrogens (tertiary/aromatic N) is 3. The van der Waals surface area contributed by atoms with Crippen LogP contribution in [0.25, 0.3) is 0 Å². The second-order valence-corrected chi connectivity index (χ2v) is 4.11. The maximum atomic E-state index is 5.68. The van der Waals surface area contributed by atoms with Crippen molar-refractivity contribution in [3.8, 4) is 0 Å². The third-order valence-corrected chi connectivity index (χ3v) is 2.71. The van der Waals surface area contributed by atoms with Crippen molar-refractivity contribution in [3.05, 3.63) is 23.0 Å². The van der Waals surface area contributed by atoms with Crippen LogP contribution in [0, 0.1) is 0 Å². The zero-order chi connectivity index (χ0) is 10.5. The molecule has 1 aromatic rings. The Labute approximate surface area is 107 Å². The molecule has 1 aliphatic rings. The van der Waals surface area contributed by atoms with Gasteiger partial charge in [0.1, 0.15) is 0 Å².